The molecule has 0 bridgehead atoms. The predicted octanol–water partition coefficient (Wildman–Crippen LogP) is 3.26. The van der Waals surface area contributed by atoms with Crippen molar-refractivity contribution in [1.29, 1.82) is 0 Å². The molecule has 0 amide bonds. The topological polar surface area (TPSA) is 95.2 Å². The summed E-state index contributed by atoms with van der Waals surface area (Å²) in [7, 11) is 1.69. The molecule has 0 saturated carbocycles. The summed E-state index contributed by atoms with van der Waals surface area (Å²) in [5.74, 6) is 3.31. The van der Waals surface area contributed by atoms with Crippen LogP contribution in [0.2, 0.25) is 0 Å². The summed E-state index contributed by atoms with van der Waals surface area (Å²) in [6.45, 7) is 5.98. The molecule has 1 aromatic heterocycles. The molecule has 0 aromatic carbocycles. The van der Waals surface area contributed by atoms with Crippen molar-refractivity contribution in [2.75, 3.05) is 33.5 Å². The smallest absolute Gasteiger partial charge is 0.238 e. The van der Waals surface area contributed by atoms with Gasteiger partial charge in [0.15, 0.2) is 0 Å². The first-order valence-electron chi connectivity index (χ1n) is 12.5. The van der Waals surface area contributed by atoms with Crippen molar-refractivity contribution < 1.29 is 29.2 Å². The molecule has 2 N–H and O–H groups in total. The normalized spacial score (nSPS) is 24.4. The molecule has 35 heavy (non-hydrogen) atoms. The van der Waals surface area contributed by atoms with Crippen molar-refractivity contribution in [3.8, 4) is 18.2 Å². The molecule has 1 aromatic rings. The van der Waals surface area contributed by atoms with Gasteiger partial charge in [-0.1, -0.05) is 23.6 Å². The lowest BCUT2D eigenvalue weighted by Crippen LogP contribution is -2.40. The Labute approximate surface area is 208 Å². The number of unbranched alkanes of at least 4 members (excludes halogenated alkanes) is 1. The van der Waals surface area contributed by atoms with E-state index in [9.17, 15) is 10.2 Å². The highest BCUT2D eigenvalue weighted by molar-refractivity contribution is 5.40. The molecule has 2 aliphatic rings. The van der Waals surface area contributed by atoms with E-state index in [-0.39, 0.29) is 12.6 Å². The number of nitrogens with zero attached hydrogens (tertiary/aromatic N) is 2. The van der Waals surface area contributed by atoms with Crippen LogP contribution in [0.15, 0.2) is 23.3 Å². The Morgan fingerprint density at radius 1 is 1.26 bits per heavy atom. The Morgan fingerprint density at radius 2 is 2.00 bits per heavy atom. The Hall–Kier alpha value is -2.15. The predicted molar refractivity (Wildman–Crippen MR) is 133 cm³/mol. The molecule has 2 aliphatic heterocycles. The van der Waals surface area contributed by atoms with E-state index in [1.54, 1.807) is 7.11 Å². The molecule has 0 spiro atoms. The zero-order valence-electron chi connectivity index (χ0n) is 21.2. The second-order valence-electron chi connectivity index (χ2n) is 9.38. The number of rotatable bonds is 11. The minimum Gasteiger partial charge on any atom is -0.446 e. The number of methoxy groups -OCH3 is 1. The van der Waals surface area contributed by atoms with Gasteiger partial charge in [-0.2, -0.15) is 0 Å². The molecule has 3 atom stereocenters. The maximum atomic E-state index is 10.2. The SMILES string of the molecule is C#C/C(=C\CC/C=C(\C)COC)Cc1c(OC2CC(O)CC(CO)O2)nn(C2CCOCC2)c1C. The first kappa shape index (κ1) is 27.4. The fourth-order valence-corrected chi connectivity index (χ4v) is 4.62. The second-order valence-corrected chi connectivity index (χ2v) is 9.38. The molecular formula is C27H40N2O6. The van der Waals surface area contributed by atoms with E-state index in [1.165, 1.54) is 5.57 Å². The number of ether oxygens (including phenoxy) is 4. The van der Waals surface area contributed by atoms with Crippen LogP contribution in [0.4, 0.5) is 0 Å². The third kappa shape index (κ3) is 7.92. The van der Waals surface area contributed by atoms with Gasteiger partial charge >= 0.3 is 0 Å². The Morgan fingerprint density at radius 3 is 2.69 bits per heavy atom. The Kier molecular flexibility index (Phi) is 10.8. The van der Waals surface area contributed by atoms with E-state index in [4.69, 9.17) is 30.5 Å². The van der Waals surface area contributed by atoms with Gasteiger partial charge in [0.25, 0.3) is 0 Å². The lowest BCUT2D eigenvalue weighted by molar-refractivity contribution is -0.186. The van der Waals surface area contributed by atoms with Crippen LogP contribution in [-0.2, 0) is 20.6 Å². The van der Waals surface area contributed by atoms with Crippen molar-refractivity contribution in [2.45, 2.75) is 83.3 Å². The number of terminal acetylenes is 1. The maximum absolute atomic E-state index is 10.2. The standard InChI is InChI=1S/C27H40N2O6/c1-5-21(9-7-6-8-19(2)18-32-4)14-25-20(3)29(22-10-12-33-13-11-22)28-27(25)35-26-16-23(31)15-24(17-30)34-26/h1,8-9,22-24,26,30-31H,6-7,10-18H2,2-4H3/b19-8+,21-9+. The van der Waals surface area contributed by atoms with Gasteiger partial charge in [-0.15, -0.1) is 11.5 Å². The number of hydrogen-bond donors (Lipinski definition) is 2. The van der Waals surface area contributed by atoms with Gasteiger partial charge in [-0.3, -0.25) is 4.68 Å². The fourth-order valence-electron chi connectivity index (χ4n) is 4.62. The highest BCUT2D eigenvalue weighted by atomic mass is 16.7. The summed E-state index contributed by atoms with van der Waals surface area (Å²) in [4.78, 5) is 0. The largest absolute Gasteiger partial charge is 0.446 e. The quantitative estimate of drug-likeness (QED) is 0.280. The van der Waals surface area contributed by atoms with Crippen LogP contribution in [0.3, 0.4) is 0 Å². The molecule has 3 heterocycles. The van der Waals surface area contributed by atoms with Crippen LogP contribution in [0.1, 0.15) is 62.7 Å². The molecule has 2 saturated heterocycles. The van der Waals surface area contributed by atoms with E-state index >= 15 is 0 Å². The molecule has 194 valence electrons. The van der Waals surface area contributed by atoms with Crippen molar-refractivity contribution in [1.82, 2.24) is 9.78 Å². The van der Waals surface area contributed by atoms with E-state index in [2.05, 4.69) is 25.0 Å². The van der Waals surface area contributed by atoms with E-state index in [1.807, 2.05) is 11.6 Å². The van der Waals surface area contributed by atoms with Crippen LogP contribution in [0.25, 0.3) is 0 Å². The molecule has 0 radical (unpaired) electrons. The first-order chi connectivity index (χ1) is 16.9. The minimum absolute atomic E-state index is 0.165. The van der Waals surface area contributed by atoms with Gasteiger partial charge in [0.1, 0.15) is 0 Å². The van der Waals surface area contributed by atoms with Crippen LogP contribution >= 0.6 is 0 Å². The molecule has 3 unspecified atom stereocenters. The molecular weight excluding hydrogens is 448 g/mol. The number of aliphatic hydroxyl groups excluding tert-OH is 2. The average Bonchev–Trinajstić information content (AvgIpc) is 3.15. The molecule has 2 fully saturated rings. The van der Waals surface area contributed by atoms with Crippen LogP contribution in [0.5, 0.6) is 5.88 Å². The highest BCUT2D eigenvalue weighted by Gasteiger charge is 2.32. The third-order valence-corrected chi connectivity index (χ3v) is 6.54. The summed E-state index contributed by atoms with van der Waals surface area (Å²) in [5, 5.41) is 24.6. The van der Waals surface area contributed by atoms with Crippen LogP contribution in [0, 0.1) is 19.3 Å². The zero-order valence-corrected chi connectivity index (χ0v) is 21.2. The van der Waals surface area contributed by atoms with Crippen molar-refractivity contribution in [3.05, 3.63) is 34.6 Å². The van der Waals surface area contributed by atoms with Gasteiger partial charge in [0.05, 0.1) is 31.5 Å². The van der Waals surface area contributed by atoms with Gasteiger partial charge in [-0.05, 0) is 39.5 Å². The molecule has 8 nitrogen and oxygen atoms in total. The Bertz CT molecular complexity index is 910. The summed E-state index contributed by atoms with van der Waals surface area (Å²) >= 11 is 0. The lowest BCUT2D eigenvalue weighted by atomic mass is 10.0. The second kappa shape index (κ2) is 13.8. The van der Waals surface area contributed by atoms with Crippen molar-refractivity contribution >= 4 is 0 Å². The van der Waals surface area contributed by atoms with Gasteiger partial charge in [0.2, 0.25) is 12.2 Å². The number of aromatic nitrogens is 2. The number of aliphatic hydroxyl groups is 2. The van der Waals surface area contributed by atoms with Crippen molar-refractivity contribution in [2.24, 2.45) is 0 Å². The minimum atomic E-state index is -0.681. The number of allylic oxidation sites excluding steroid dienone is 3. The maximum Gasteiger partial charge on any atom is 0.238 e. The molecule has 3 rings (SSSR count). The van der Waals surface area contributed by atoms with Crippen LogP contribution < -0.4 is 4.74 Å². The van der Waals surface area contributed by atoms with E-state index in [0.29, 0.717) is 45.0 Å². The van der Waals surface area contributed by atoms with Gasteiger partial charge in [-0.25, -0.2) is 0 Å². The first-order valence-corrected chi connectivity index (χ1v) is 12.5. The zero-order chi connectivity index (χ0) is 25.2. The average molecular weight is 489 g/mol. The summed E-state index contributed by atoms with van der Waals surface area (Å²) in [5.41, 5.74) is 4.01. The lowest BCUT2D eigenvalue weighted by Gasteiger charge is -2.31. The van der Waals surface area contributed by atoms with E-state index in [0.717, 1.165) is 42.5 Å². The van der Waals surface area contributed by atoms with Gasteiger partial charge in [0, 0.05) is 56.4 Å². The molecule has 0 aliphatic carbocycles. The van der Waals surface area contributed by atoms with Crippen molar-refractivity contribution in [3.63, 3.8) is 0 Å². The monoisotopic (exact) mass is 488 g/mol. The third-order valence-electron chi connectivity index (χ3n) is 6.54. The Balaban J connectivity index is 1.80. The van der Waals surface area contributed by atoms with Crippen LogP contribution in [-0.4, -0.2) is 72.0 Å². The van der Waals surface area contributed by atoms with E-state index < -0.39 is 18.5 Å². The summed E-state index contributed by atoms with van der Waals surface area (Å²) in [6.07, 6.45) is 13.1. The number of hydrogen-bond acceptors (Lipinski definition) is 7. The summed E-state index contributed by atoms with van der Waals surface area (Å²) < 4.78 is 24.8. The highest BCUT2D eigenvalue weighted by Crippen LogP contribution is 2.32. The fraction of sp³-hybridized carbons (Fsp3) is 0.667. The molecule has 8 heteroatoms. The van der Waals surface area contributed by atoms with Gasteiger partial charge < -0.3 is 29.2 Å². The summed E-state index contributed by atoms with van der Waals surface area (Å²) in [6, 6.07) is 0.232.